The van der Waals surface area contributed by atoms with Gasteiger partial charge in [-0.3, -0.25) is 9.69 Å². The van der Waals surface area contributed by atoms with E-state index in [1.54, 1.807) is 81.8 Å². The molecule has 4 rings (SSSR count). The molecule has 1 saturated heterocycles. The summed E-state index contributed by atoms with van der Waals surface area (Å²) in [5, 5.41) is 1.57. The first-order valence-corrected chi connectivity index (χ1v) is 14.0. The lowest BCUT2D eigenvalue weighted by molar-refractivity contribution is -0.121. The molecule has 1 amide bonds. The van der Waals surface area contributed by atoms with Crippen LogP contribution in [0.15, 0.2) is 69.0 Å². The van der Waals surface area contributed by atoms with E-state index in [-0.39, 0.29) is 12.5 Å². The first kappa shape index (κ1) is 29.0. The van der Waals surface area contributed by atoms with E-state index in [2.05, 4.69) is 20.9 Å². The second-order valence-corrected chi connectivity index (χ2v) is 10.9. The van der Waals surface area contributed by atoms with Crippen molar-refractivity contribution in [1.82, 2.24) is 4.90 Å². The Morgan fingerprint density at radius 2 is 1.85 bits per heavy atom. The molecule has 1 heterocycles. The van der Waals surface area contributed by atoms with Gasteiger partial charge in [0.05, 0.1) is 29.9 Å². The summed E-state index contributed by atoms with van der Waals surface area (Å²) in [6.45, 7) is 2.28. The molecule has 11 heteroatoms. The van der Waals surface area contributed by atoms with E-state index in [1.165, 1.54) is 16.7 Å². The SMILES string of the molecule is CCOC(=O)c1ccc(N=C2S/C(=C\c3cc(OC)c(OCc4ccc(Cl)cc4Cl)cc3Br)C(=O)N2C)cc1. The summed E-state index contributed by atoms with van der Waals surface area (Å²) in [7, 11) is 3.21. The van der Waals surface area contributed by atoms with Crippen LogP contribution < -0.4 is 9.47 Å². The third-order valence-corrected chi connectivity index (χ3v) is 7.91. The number of methoxy groups -OCH3 is 1. The predicted molar refractivity (Wildman–Crippen MR) is 159 cm³/mol. The number of likely N-dealkylation sites (N-methyl/N-ethyl adjacent to an activating group) is 1. The average molecular weight is 650 g/mol. The number of amides is 1. The number of amidine groups is 1. The van der Waals surface area contributed by atoms with Crippen LogP contribution in [0.2, 0.25) is 10.0 Å². The van der Waals surface area contributed by atoms with Crippen LogP contribution in [0.1, 0.15) is 28.4 Å². The lowest BCUT2D eigenvalue weighted by Crippen LogP contribution is -2.23. The second kappa shape index (κ2) is 12.9. The van der Waals surface area contributed by atoms with Crippen molar-refractivity contribution >= 4 is 79.7 Å². The fraction of sp³-hybridized carbons (Fsp3) is 0.179. The van der Waals surface area contributed by atoms with Gasteiger partial charge in [-0.15, -0.1) is 0 Å². The monoisotopic (exact) mass is 648 g/mol. The number of aliphatic imine (C=N–C) groups is 1. The zero-order chi connectivity index (χ0) is 28.1. The Morgan fingerprint density at radius 1 is 1.10 bits per heavy atom. The highest BCUT2D eigenvalue weighted by Crippen LogP contribution is 2.39. The molecule has 0 saturated carbocycles. The number of esters is 1. The topological polar surface area (TPSA) is 77.4 Å². The van der Waals surface area contributed by atoms with E-state index < -0.39 is 5.97 Å². The number of carbonyl (C=O) groups is 2. The molecule has 3 aromatic carbocycles. The molecule has 1 aliphatic rings. The molecule has 202 valence electrons. The Labute approximate surface area is 248 Å². The third-order valence-electron chi connectivity index (χ3n) is 5.57. The van der Waals surface area contributed by atoms with Crippen molar-refractivity contribution in [3.05, 3.63) is 90.7 Å². The van der Waals surface area contributed by atoms with Crippen LogP contribution >= 0.6 is 50.9 Å². The molecular weight excluding hydrogens is 627 g/mol. The maximum atomic E-state index is 13.0. The average Bonchev–Trinajstić information content (AvgIpc) is 3.17. The van der Waals surface area contributed by atoms with Gasteiger partial charge in [-0.05, 0) is 78.9 Å². The number of rotatable bonds is 8. The molecule has 7 nitrogen and oxygen atoms in total. The number of nitrogens with zero attached hydrogens (tertiary/aromatic N) is 2. The van der Waals surface area contributed by atoms with E-state index in [9.17, 15) is 9.59 Å². The fourth-order valence-electron chi connectivity index (χ4n) is 3.52. The molecule has 0 aromatic heterocycles. The van der Waals surface area contributed by atoms with Crippen molar-refractivity contribution in [2.45, 2.75) is 13.5 Å². The summed E-state index contributed by atoms with van der Waals surface area (Å²) in [6, 6.07) is 15.5. The molecule has 3 aromatic rings. The van der Waals surface area contributed by atoms with Gasteiger partial charge in [-0.1, -0.05) is 45.2 Å². The largest absolute Gasteiger partial charge is 0.493 e. The molecule has 39 heavy (non-hydrogen) atoms. The van der Waals surface area contributed by atoms with Crippen LogP contribution in [-0.4, -0.2) is 42.7 Å². The highest BCUT2D eigenvalue weighted by atomic mass is 79.9. The Hall–Kier alpha value is -2.98. The number of hydrogen-bond acceptors (Lipinski definition) is 7. The lowest BCUT2D eigenvalue weighted by Gasteiger charge is -2.14. The first-order valence-electron chi connectivity index (χ1n) is 11.7. The number of ether oxygens (including phenoxy) is 3. The van der Waals surface area contributed by atoms with Crippen molar-refractivity contribution in [2.24, 2.45) is 4.99 Å². The van der Waals surface area contributed by atoms with E-state index >= 15 is 0 Å². The van der Waals surface area contributed by atoms with Gasteiger partial charge in [0, 0.05) is 27.1 Å². The number of thioether (sulfide) groups is 1. The molecule has 0 bridgehead atoms. The standard InChI is InChI=1S/C28H23BrCl2N2O5S/c1-4-37-27(35)16-6-9-20(10-7-16)32-28-33(2)26(34)25(39-28)12-18-11-23(36-3)24(14-21(18)29)38-15-17-5-8-19(30)13-22(17)31/h5-14H,4,15H2,1-3H3/b25-12-,32-28?. The van der Waals surface area contributed by atoms with Crippen LogP contribution in [0, 0.1) is 0 Å². The summed E-state index contributed by atoms with van der Waals surface area (Å²) in [5.74, 6) is 0.421. The van der Waals surface area contributed by atoms with Crippen molar-refractivity contribution < 1.29 is 23.8 Å². The van der Waals surface area contributed by atoms with E-state index in [0.29, 0.717) is 53.9 Å². The van der Waals surface area contributed by atoms with Gasteiger partial charge in [-0.25, -0.2) is 9.79 Å². The maximum Gasteiger partial charge on any atom is 0.338 e. The van der Waals surface area contributed by atoms with Gasteiger partial charge < -0.3 is 14.2 Å². The quantitative estimate of drug-likeness (QED) is 0.183. The van der Waals surface area contributed by atoms with Crippen molar-refractivity contribution in [3.63, 3.8) is 0 Å². The van der Waals surface area contributed by atoms with Crippen molar-refractivity contribution in [1.29, 1.82) is 0 Å². The van der Waals surface area contributed by atoms with Gasteiger partial charge >= 0.3 is 5.97 Å². The third kappa shape index (κ3) is 6.97. The van der Waals surface area contributed by atoms with Gasteiger partial charge in [0.15, 0.2) is 16.7 Å². The molecule has 0 N–H and O–H groups in total. The van der Waals surface area contributed by atoms with E-state index in [0.717, 1.165) is 11.1 Å². The number of hydrogen-bond donors (Lipinski definition) is 0. The lowest BCUT2D eigenvalue weighted by atomic mass is 10.1. The minimum atomic E-state index is -0.393. The minimum absolute atomic E-state index is 0.189. The number of halogens is 3. The summed E-state index contributed by atoms with van der Waals surface area (Å²) < 4.78 is 17.2. The number of benzene rings is 3. The van der Waals surface area contributed by atoms with Crippen LogP contribution in [0.25, 0.3) is 6.08 Å². The Balaban J connectivity index is 1.53. The van der Waals surface area contributed by atoms with E-state index in [1.807, 2.05) is 0 Å². The Morgan fingerprint density at radius 3 is 2.51 bits per heavy atom. The highest BCUT2D eigenvalue weighted by Gasteiger charge is 2.30. The molecule has 1 aliphatic heterocycles. The summed E-state index contributed by atoms with van der Waals surface area (Å²) in [4.78, 5) is 31.4. The Kier molecular flexibility index (Phi) is 9.61. The predicted octanol–water partition coefficient (Wildman–Crippen LogP) is 7.75. The van der Waals surface area contributed by atoms with Crippen molar-refractivity contribution in [2.75, 3.05) is 20.8 Å². The van der Waals surface area contributed by atoms with Gasteiger partial charge in [0.25, 0.3) is 5.91 Å². The van der Waals surface area contributed by atoms with Crippen LogP contribution in [0.5, 0.6) is 11.5 Å². The van der Waals surface area contributed by atoms with Gasteiger partial charge in [0.1, 0.15) is 6.61 Å². The second-order valence-electron chi connectivity index (χ2n) is 8.19. The maximum absolute atomic E-state index is 13.0. The molecular formula is C28H23BrCl2N2O5S. The summed E-state index contributed by atoms with van der Waals surface area (Å²) in [5.41, 5.74) is 2.56. The molecule has 0 unspecified atom stereocenters. The summed E-state index contributed by atoms with van der Waals surface area (Å²) in [6.07, 6.45) is 1.77. The van der Waals surface area contributed by atoms with Crippen LogP contribution in [0.3, 0.4) is 0 Å². The molecule has 0 radical (unpaired) electrons. The molecule has 1 fully saturated rings. The van der Waals surface area contributed by atoms with Crippen LogP contribution in [0.4, 0.5) is 5.69 Å². The molecule has 0 aliphatic carbocycles. The Bertz CT molecular complexity index is 1480. The molecule has 0 spiro atoms. The minimum Gasteiger partial charge on any atom is -0.493 e. The number of carbonyl (C=O) groups excluding carboxylic acids is 2. The fourth-order valence-corrected chi connectivity index (χ4v) is 5.40. The normalized spacial score (nSPS) is 15.2. The van der Waals surface area contributed by atoms with Crippen LogP contribution in [-0.2, 0) is 16.1 Å². The van der Waals surface area contributed by atoms with E-state index in [4.69, 9.17) is 37.4 Å². The first-order chi connectivity index (χ1) is 18.7. The zero-order valence-electron chi connectivity index (χ0n) is 21.2. The zero-order valence-corrected chi connectivity index (χ0v) is 25.1. The molecule has 0 atom stereocenters. The van der Waals surface area contributed by atoms with Crippen molar-refractivity contribution in [3.8, 4) is 11.5 Å². The summed E-state index contributed by atoms with van der Waals surface area (Å²) >= 11 is 17.1. The smallest absolute Gasteiger partial charge is 0.338 e. The highest BCUT2D eigenvalue weighted by molar-refractivity contribution is 9.10. The van der Waals surface area contributed by atoms with Gasteiger partial charge in [0.2, 0.25) is 0 Å². The van der Waals surface area contributed by atoms with Gasteiger partial charge in [-0.2, -0.15) is 0 Å².